The second kappa shape index (κ2) is 6.27. The highest BCUT2D eigenvalue weighted by Gasteiger charge is 2.21. The normalized spacial score (nSPS) is 13.0. The number of aliphatic hydroxyl groups is 1. The van der Waals surface area contributed by atoms with Crippen LogP contribution in [0.3, 0.4) is 0 Å². The van der Waals surface area contributed by atoms with Crippen LogP contribution in [0.4, 0.5) is 4.39 Å². The molecule has 5 nitrogen and oxygen atoms in total. The fourth-order valence-corrected chi connectivity index (χ4v) is 3.03. The van der Waals surface area contributed by atoms with E-state index < -0.39 is 11.9 Å². The first kappa shape index (κ1) is 17.1. The van der Waals surface area contributed by atoms with Crippen LogP contribution in [-0.4, -0.2) is 24.6 Å². The molecule has 3 rings (SSSR count). The predicted molar refractivity (Wildman–Crippen MR) is 91.8 cm³/mol. The molecular formula is C16H15Cl2FN4O. The maximum atomic E-state index is 14.6. The Bertz CT molecular complexity index is 924. The first-order chi connectivity index (χ1) is 11.3. The molecule has 0 bridgehead atoms. The molecule has 1 N–H and O–H groups in total. The standard InChI is InChI=1S/C16H15Cl2FN4O/c1-7(2)23-12-5-9(13-10(17)6-20-16(18)22-13)4-11(19)14(12)21-15(23)8(3)24/h4-8,24H,1-3H3/t8-/m0/s1. The van der Waals surface area contributed by atoms with Crippen LogP contribution in [0.5, 0.6) is 0 Å². The van der Waals surface area contributed by atoms with Gasteiger partial charge in [0.25, 0.3) is 0 Å². The number of aromatic nitrogens is 4. The van der Waals surface area contributed by atoms with Gasteiger partial charge < -0.3 is 9.67 Å². The van der Waals surface area contributed by atoms with E-state index >= 15 is 0 Å². The number of nitrogens with zero attached hydrogens (tertiary/aromatic N) is 4. The van der Waals surface area contributed by atoms with Crippen molar-refractivity contribution in [1.29, 1.82) is 0 Å². The number of imidazole rings is 1. The van der Waals surface area contributed by atoms with Crippen LogP contribution in [0.15, 0.2) is 18.3 Å². The Morgan fingerprint density at radius 3 is 2.50 bits per heavy atom. The fraction of sp³-hybridized carbons (Fsp3) is 0.312. The molecule has 0 amide bonds. The Kier molecular flexibility index (Phi) is 4.46. The highest BCUT2D eigenvalue weighted by Crippen LogP contribution is 2.33. The van der Waals surface area contributed by atoms with Crippen molar-refractivity contribution >= 4 is 34.2 Å². The van der Waals surface area contributed by atoms with Crippen LogP contribution in [0, 0.1) is 5.82 Å². The third-order valence-corrected chi connectivity index (χ3v) is 4.11. The number of halogens is 3. The third-order valence-electron chi connectivity index (χ3n) is 3.65. The lowest BCUT2D eigenvalue weighted by molar-refractivity contribution is 0.182. The van der Waals surface area contributed by atoms with Gasteiger partial charge in [0, 0.05) is 11.6 Å². The molecule has 1 aromatic carbocycles. The minimum Gasteiger partial charge on any atom is -0.385 e. The number of hydrogen-bond acceptors (Lipinski definition) is 4. The van der Waals surface area contributed by atoms with Gasteiger partial charge in [0.05, 0.1) is 22.4 Å². The van der Waals surface area contributed by atoms with Crippen molar-refractivity contribution in [2.75, 3.05) is 0 Å². The van der Waals surface area contributed by atoms with Gasteiger partial charge in [0.1, 0.15) is 17.4 Å². The van der Waals surface area contributed by atoms with Gasteiger partial charge >= 0.3 is 0 Å². The molecule has 2 aromatic heterocycles. The maximum absolute atomic E-state index is 14.6. The molecule has 0 spiro atoms. The van der Waals surface area contributed by atoms with Crippen molar-refractivity contribution in [3.63, 3.8) is 0 Å². The molecule has 0 saturated carbocycles. The topological polar surface area (TPSA) is 63.8 Å². The van der Waals surface area contributed by atoms with E-state index in [4.69, 9.17) is 23.2 Å². The Balaban J connectivity index is 2.33. The van der Waals surface area contributed by atoms with E-state index in [9.17, 15) is 9.50 Å². The van der Waals surface area contributed by atoms with Crippen molar-refractivity contribution in [3.8, 4) is 11.3 Å². The van der Waals surface area contributed by atoms with Crippen LogP contribution in [0.25, 0.3) is 22.3 Å². The number of benzene rings is 1. The minimum atomic E-state index is -0.820. The van der Waals surface area contributed by atoms with Crippen molar-refractivity contribution < 1.29 is 9.50 Å². The summed E-state index contributed by atoms with van der Waals surface area (Å²) in [6.45, 7) is 5.47. The number of aliphatic hydroxyl groups excluding tert-OH is 1. The van der Waals surface area contributed by atoms with Crippen LogP contribution in [-0.2, 0) is 0 Å². The van der Waals surface area contributed by atoms with Crippen LogP contribution in [0.2, 0.25) is 10.3 Å². The Labute approximate surface area is 148 Å². The summed E-state index contributed by atoms with van der Waals surface area (Å²) in [5, 5.41) is 10.2. The van der Waals surface area contributed by atoms with Gasteiger partial charge in [0.15, 0.2) is 5.82 Å². The van der Waals surface area contributed by atoms with Crippen molar-refractivity contribution in [1.82, 2.24) is 19.5 Å². The molecule has 24 heavy (non-hydrogen) atoms. The van der Waals surface area contributed by atoms with Gasteiger partial charge in [-0.3, -0.25) is 0 Å². The molecule has 2 heterocycles. The van der Waals surface area contributed by atoms with Crippen LogP contribution >= 0.6 is 23.2 Å². The lowest BCUT2D eigenvalue weighted by Crippen LogP contribution is -2.08. The van der Waals surface area contributed by atoms with Gasteiger partial charge in [-0.1, -0.05) is 11.6 Å². The number of hydrogen-bond donors (Lipinski definition) is 1. The second-order valence-corrected chi connectivity index (χ2v) is 6.52. The highest BCUT2D eigenvalue weighted by atomic mass is 35.5. The zero-order valence-corrected chi connectivity index (χ0v) is 14.8. The summed E-state index contributed by atoms with van der Waals surface area (Å²) in [7, 11) is 0. The summed E-state index contributed by atoms with van der Waals surface area (Å²) < 4.78 is 16.4. The summed E-state index contributed by atoms with van der Waals surface area (Å²) in [4.78, 5) is 12.1. The van der Waals surface area contributed by atoms with Gasteiger partial charge in [0.2, 0.25) is 5.28 Å². The molecule has 0 aliphatic carbocycles. The van der Waals surface area contributed by atoms with Crippen molar-refractivity contribution in [3.05, 3.63) is 40.3 Å². The fourth-order valence-electron chi connectivity index (χ4n) is 2.69. The van der Waals surface area contributed by atoms with Crippen LogP contribution < -0.4 is 0 Å². The molecule has 8 heteroatoms. The summed E-state index contributed by atoms with van der Waals surface area (Å²) in [6.07, 6.45) is 0.551. The molecule has 0 unspecified atom stereocenters. The lowest BCUT2D eigenvalue weighted by atomic mass is 10.1. The zero-order valence-electron chi connectivity index (χ0n) is 13.3. The summed E-state index contributed by atoms with van der Waals surface area (Å²) >= 11 is 12.0. The third kappa shape index (κ3) is 2.85. The van der Waals surface area contributed by atoms with E-state index in [2.05, 4.69) is 15.0 Å². The lowest BCUT2D eigenvalue weighted by Gasteiger charge is -2.15. The van der Waals surface area contributed by atoms with E-state index in [1.54, 1.807) is 17.6 Å². The molecule has 0 saturated heterocycles. The second-order valence-electron chi connectivity index (χ2n) is 5.77. The molecule has 0 aliphatic heterocycles. The first-order valence-electron chi connectivity index (χ1n) is 7.37. The SMILES string of the molecule is CC(C)n1c([C@H](C)O)nc2c(F)cc(-c3nc(Cl)ncc3Cl)cc21. The predicted octanol–water partition coefficient (Wildman–Crippen LogP) is 4.57. The molecule has 0 aliphatic rings. The van der Waals surface area contributed by atoms with Crippen molar-refractivity contribution in [2.24, 2.45) is 0 Å². The maximum Gasteiger partial charge on any atom is 0.222 e. The minimum absolute atomic E-state index is 0.0151. The van der Waals surface area contributed by atoms with E-state index in [0.717, 1.165) is 0 Å². The molecule has 0 fully saturated rings. The van der Waals surface area contributed by atoms with Crippen molar-refractivity contribution in [2.45, 2.75) is 32.9 Å². The Morgan fingerprint density at radius 1 is 1.17 bits per heavy atom. The van der Waals surface area contributed by atoms with E-state index in [-0.39, 0.29) is 21.9 Å². The van der Waals surface area contributed by atoms with Gasteiger partial charge in [-0.05, 0) is 44.5 Å². The summed E-state index contributed by atoms with van der Waals surface area (Å²) in [5.41, 5.74) is 1.56. The van der Waals surface area contributed by atoms with E-state index in [1.165, 1.54) is 12.3 Å². The quantitative estimate of drug-likeness (QED) is 0.687. The smallest absolute Gasteiger partial charge is 0.222 e. The van der Waals surface area contributed by atoms with Gasteiger partial charge in [-0.15, -0.1) is 0 Å². The Morgan fingerprint density at radius 2 is 1.88 bits per heavy atom. The monoisotopic (exact) mass is 368 g/mol. The zero-order chi connectivity index (χ0) is 17.6. The summed E-state index contributed by atoms with van der Waals surface area (Å²) in [5.74, 6) is -0.113. The average Bonchev–Trinajstić information content (AvgIpc) is 2.90. The van der Waals surface area contributed by atoms with Gasteiger partial charge in [-0.2, -0.15) is 0 Å². The number of fused-ring (bicyclic) bond motifs is 1. The van der Waals surface area contributed by atoms with Crippen LogP contribution in [0.1, 0.15) is 38.7 Å². The summed E-state index contributed by atoms with van der Waals surface area (Å²) in [6, 6.07) is 3.02. The molecule has 1 atom stereocenters. The molecule has 0 radical (unpaired) electrons. The van der Waals surface area contributed by atoms with E-state index in [0.29, 0.717) is 22.6 Å². The highest BCUT2D eigenvalue weighted by molar-refractivity contribution is 6.33. The largest absolute Gasteiger partial charge is 0.385 e. The van der Waals surface area contributed by atoms with E-state index in [1.807, 2.05) is 13.8 Å². The Hall–Kier alpha value is -1.76. The molecule has 126 valence electrons. The van der Waals surface area contributed by atoms with Gasteiger partial charge in [-0.25, -0.2) is 19.3 Å². The average molecular weight is 369 g/mol. The molecule has 3 aromatic rings. The first-order valence-corrected chi connectivity index (χ1v) is 8.13. The molecular weight excluding hydrogens is 354 g/mol. The number of rotatable bonds is 3.